The predicted octanol–water partition coefficient (Wildman–Crippen LogP) is -0.349. The molecule has 4 bridgehead atoms. The summed E-state index contributed by atoms with van der Waals surface area (Å²) in [5, 5.41) is 44.3. The molecule has 1 spiro atoms. The Bertz CT molecular complexity index is 556. The number of rotatable bonds is 0. The van der Waals surface area contributed by atoms with Crippen molar-refractivity contribution < 1.29 is 29.9 Å². The zero-order chi connectivity index (χ0) is 15.5. The lowest BCUT2D eigenvalue weighted by molar-refractivity contribution is -0.440. The number of aliphatic hydroxyl groups is 4. The van der Waals surface area contributed by atoms with Crippen LogP contribution >= 0.6 is 0 Å². The highest BCUT2D eigenvalue weighted by molar-refractivity contribution is 5.40. The van der Waals surface area contributed by atoms with Crippen LogP contribution < -0.4 is 0 Å². The largest absolute Gasteiger partial charge is 0.388 e. The Labute approximate surface area is 123 Å². The van der Waals surface area contributed by atoms with Crippen molar-refractivity contribution in [3.63, 3.8) is 0 Å². The molecule has 0 amide bonds. The average molecular weight is 298 g/mol. The van der Waals surface area contributed by atoms with E-state index in [-0.39, 0.29) is 13.0 Å². The molecule has 0 aromatic rings. The van der Waals surface area contributed by atoms with Gasteiger partial charge in [-0.15, -0.1) is 0 Å². The van der Waals surface area contributed by atoms with Crippen molar-refractivity contribution in [1.29, 1.82) is 0 Å². The standard InChI is InChI=1S/C15H22O6/c1-8-4-5-14(18)11(2)7-20-10-9(16)13(8,14)6-15(19,21-10)12(11,3)17/h4,9-10,16-19H,5-7H2,1-3H3/t9-,10-,11-,12+,13+,14-,15+/m0/s1. The molecule has 5 aliphatic rings. The van der Waals surface area contributed by atoms with Crippen molar-refractivity contribution in [3.05, 3.63) is 11.6 Å². The summed E-state index contributed by atoms with van der Waals surface area (Å²) < 4.78 is 11.1. The molecule has 4 fully saturated rings. The van der Waals surface area contributed by atoms with Crippen LogP contribution in [0.2, 0.25) is 0 Å². The summed E-state index contributed by atoms with van der Waals surface area (Å²) >= 11 is 0. The maximum Gasteiger partial charge on any atom is 0.199 e. The number of fused-ring (bicyclic) bond motifs is 1. The molecule has 0 radical (unpaired) electrons. The van der Waals surface area contributed by atoms with Crippen molar-refractivity contribution in [2.45, 2.75) is 63.0 Å². The second kappa shape index (κ2) is 3.37. The Morgan fingerprint density at radius 3 is 2.57 bits per heavy atom. The van der Waals surface area contributed by atoms with Gasteiger partial charge in [0.1, 0.15) is 11.7 Å². The fourth-order valence-corrected chi connectivity index (χ4v) is 5.24. The van der Waals surface area contributed by atoms with Gasteiger partial charge < -0.3 is 29.9 Å². The van der Waals surface area contributed by atoms with E-state index in [2.05, 4.69) is 0 Å². The molecule has 3 aliphatic heterocycles. The predicted molar refractivity (Wildman–Crippen MR) is 70.9 cm³/mol. The molecule has 7 atom stereocenters. The summed E-state index contributed by atoms with van der Waals surface area (Å²) in [7, 11) is 0. The molecule has 21 heavy (non-hydrogen) atoms. The Morgan fingerprint density at radius 1 is 1.24 bits per heavy atom. The van der Waals surface area contributed by atoms with Crippen LogP contribution in [0, 0.1) is 10.8 Å². The average Bonchev–Trinajstić information content (AvgIpc) is 2.61. The van der Waals surface area contributed by atoms with Crippen LogP contribution in [0.4, 0.5) is 0 Å². The van der Waals surface area contributed by atoms with Crippen LogP contribution in [-0.4, -0.2) is 56.4 Å². The number of hydrogen-bond donors (Lipinski definition) is 4. The van der Waals surface area contributed by atoms with Crippen molar-refractivity contribution >= 4 is 0 Å². The van der Waals surface area contributed by atoms with Gasteiger partial charge in [-0.05, 0) is 20.3 Å². The van der Waals surface area contributed by atoms with Gasteiger partial charge in [0.25, 0.3) is 0 Å². The molecular weight excluding hydrogens is 276 g/mol. The van der Waals surface area contributed by atoms with Crippen LogP contribution in [0.25, 0.3) is 0 Å². The highest BCUT2D eigenvalue weighted by Gasteiger charge is 2.84. The second-order valence-corrected chi connectivity index (χ2v) is 7.53. The fraction of sp³-hybridized carbons (Fsp3) is 0.867. The van der Waals surface area contributed by atoms with E-state index in [0.29, 0.717) is 6.42 Å². The van der Waals surface area contributed by atoms with Gasteiger partial charge in [0, 0.05) is 6.42 Å². The van der Waals surface area contributed by atoms with Crippen LogP contribution in [-0.2, 0) is 9.47 Å². The molecule has 6 heteroatoms. The third-order valence-corrected chi connectivity index (χ3v) is 7.02. The van der Waals surface area contributed by atoms with Crippen molar-refractivity contribution in [2.24, 2.45) is 10.8 Å². The van der Waals surface area contributed by atoms with Gasteiger partial charge in [0.15, 0.2) is 12.1 Å². The molecule has 4 N–H and O–H groups in total. The minimum atomic E-state index is -1.87. The van der Waals surface area contributed by atoms with Gasteiger partial charge in [0.05, 0.1) is 23.0 Å². The van der Waals surface area contributed by atoms with Gasteiger partial charge in [-0.3, -0.25) is 0 Å². The summed E-state index contributed by atoms with van der Waals surface area (Å²) in [6, 6.07) is 0. The summed E-state index contributed by atoms with van der Waals surface area (Å²) in [5.41, 5.74) is -4.51. The summed E-state index contributed by atoms with van der Waals surface area (Å²) in [6.07, 6.45) is 0.000648. The Kier molecular flexibility index (Phi) is 2.27. The molecule has 5 rings (SSSR count). The van der Waals surface area contributed by atoms with Gasteiger partial charge in [-0.1, -0.05) is 18.6 Å². The lowest BCUT2D eigenvalue weighted by Gasteiger charge is -2.68. The number of hydrogen-bond acceptors (Lipinski definition) is 6. The van der Waals surface area contributed by atoms with Crippen LogP contribution in [0.5, 0.6) is 0 Å². The fourth-order valence-electron chi connectivity index (χ4n) is 5.24. The van der Waals surface area contributed by atoms with Gasteiger partial charge >= 0.3 is 0 Å². The van der Waals surface area contributed by atoms with E-state index >= 15 is 0 Å². The lowest BCUT2D eigenvalue weighted by atomic mass is 9.43. The summed E-state index contributed by atoms with van der Waals surface area (Å²) in [5.74, 6) is -1.87. The van der Waals surface area contributed by atoms with Crippen LogP contribution in [0.15, 0.2) is 11.6 Å². The van der Waals surface area contributed by atoms with Gasteiger partial charge in [-0.2, -0.15) is 0 Å². The third kappa shape index (κ3) is 1.08. The summed E-state index contributed by atoms with van der Waals surface area (Å²) in [6.45, 7) is 5.02. The molecule has 118 valence electrons. The first kappa shape index (κ1) is 14.1. The van der Waals surface area contributed by atoms with E-state index in [9.17, 15) is 20.4 Å². The lowest BCUT2D eigenvalue weighted by Crippen LogP contribution is -2.82. The smallest absolute Gasteiger partial charge is 0.199 e. The topological polar surface area (TPSA) is 99.4 Å². The molecule has 0 aromatic heterocycles. The second-order valence-electron chi connectivity index (χ2n) is 7.53. The van der Waals surface area contributed by atoms with E-state index in [4.69, 9.17) is 9.47 Å². The van der Waals surface area contributed by atoms with Gasteiger partial charge in [0.2, 0.25) is 0 Å². The van der Waals surface area contributed by atoms with E-state index in [1.54, 1.807) is 6.92 Å². The maximum atomic E-state index is 11.5. The highest BCUT2D eigenvalue weighted by atomic mass is 16.8. The molecule has 3 saturated heterocycles. The monoisotopic (exact) mass is 298 g/mol. The molecule has 2 aliphatic carbocycles. The van der Waals surface area contributed by atoms with Gasteiger partial charge in [-0.25, -0.2) is 0 Å². The van der Waals surface area contributed by atoms with E-state index in [1.807, 2.05) is 13.0 Å². The van der Waals surface area contributed by atoms with E-state index in [0.717, 1.165) is 5.57 Å². The zero-order valence-corrected chi connectivity index (χ0v) is 12.5. The zero-order valence-electron chi connectivity index (χ0n) is 12.5. The third-order valence-electron chi connectivity index (χ3n) is 7.02. The first-order chi connectivity index (χ1) is 9.56. The SMILES string of the molecule is CC1=CC[C@]2(O)[C@@]3(C)CO[C@H]4O[C@](O)(C[C@]12[C@H]4O)[C@]3(C)O. The normalized spacial score (nSPS) is 65.2. The minimum absolute atomic E-state index is 0.00338. The van der Waals surface area contributed by atoms with Crippen LogP contribution in [0.1, 0.15) is 33.6 Å². The first-order valence-electron chi connectivity index (χ1n) is 7.38. The quantitative estimate of drug-likeness (QED) is 0.456. The number of aliphatic hydroxyl groups excluding tert-OH is 1. The van der Waals surface area contributed by atoms with E-state index in [1.165, 1.54) is 6.92 Å². The van der Waals surface area contributed by atoms with Crippen LogP contribution in [0.3, 0.4) is 0 Å². The molecular formula is C15H22O6. The first-order valence-corrected chi connectivity index (χ1v) is 7.38. The number of ether oxygens (including phenoxy) is 2. The molecule has 6 nitrogen and oxygen atoms in total. The molecule has 3 heterocycles. The van der Waals surface area contributed by atoms with Crippen molar-refractivity contribution in [2.75, 3.05) is 6.61 Å². The minimum Gasteiger partial charge on any atom is -0.388 e. The van der Waals surface area contributed by atoms with E-state index < -0.39 is 40.2 Å². The maximum absolute atomic E-state index is 11.5. The Hall–Kier alpha value is -0.500. The Balaban J connectivity index is 2.07. The molecule has 0 aromatic carbocycles. The highest BCUT2D eigenvalue weighted by Crippen LogP contribution is 2.72. The molecule has 1 saturated carbocycles. The Morgan fingerprint density at radius 2 is 1.90 bits per heavy atom. The summed E-state index contributed by atoms with van der Waals surface area (Å²) in [4.78, 5) is 0. The van der Waals surface area contributed by atoms with Crippen molar-refractivity contribution in [1.82, 2.24) is 0 Å². The van der Waals surface area contributed by atoms with Crippen molar-refractivity contribution in [3.8, 4) is 0 Å². The molecule has 0 unspecified atom stereocenters.